The summed E-state index contributed by atoms with van der Waals surface area (Å²) in [6.45, 7) is 10.2. The Kier molecular flexibility index (Phi) is 6.27. The van der Waals surface area contributed by atoms with Crippen LogP contribution in [0.4, 0.5) is 0 Å². The Balaban J connectivity index is 1.88. The number of aryl methyl sites for hydroxylation is 1. The normalized spacial score (nSPS) is 18.3. The van der Waals surface area contributed by atoms with Gasteiger partial charge in [-0.15, -0.1) is 5.10 Å². The molecule has 1 atom stereocenters. The Hall–Kier alpha value is -1.09. The highest BCUT2D eigenvalue weighted by Crippen LogP contribution is 2.25. The van der Waals surface area contributed by atoms with E-state index in [4.69, 9.17) is 9.47 Å². The summed E-state index contributed by atoms with van der Waals surface area (Å²) in [5.41, 5.74) is 3.55. The van der Waals surface area contributed by atoms with Gasteiger partial charge in [-0.25, -0.2) is 4.68 Å². The lowest BCUT2D eigenvalue weighted by Gasteiger charge is -2.23. The van der Waals surface area contributed by atoms with Crippen molar-refractivity contribution in [1.29, 1.82) is 0 Å². The fourth-order valence-electron chi connectivity index (χ4n) is 2.94. The van der Waals surface area contributed by atoms with E-state index in [1.54, 1.807) is 0 Å². The molecule has 3 rings (SSSR count). The fraction of sp³-hybridized carbons (Fsp3) is 0.611. The van der Waals surface area contributed by atoms with Gasteiger partial charge in [0.15, 0.2) is 6.29 Å². The SMILES string of the molecule is Cc1nc(-c2nnn(C[Si](C)(C)C)c2COC2CCCCO2)ccc1Br. The molecular formula is C18H27BrN4O2Si. The molecule has 2 aromatic heterocycles. The molecule has 1 unspecified atom stereocenters. The Bertz CT molecular complexity index is 754. The van der Waals surface area contributed by atoms with E-state index in [1.165, 1.54) is 0 Å². The lowest BCUT2D eigenvalue weighted by atomic mass is 10.2. The van der Waals surface area contributed by atoms with Crippen LogP contribution >= 0.6 is 15.9 Å². The van der Waals surface area contributed by atoms with E-state index in [2.05, 4.69) is 50.9 Å². The van der Waals surface area contributed by atoms with Gasteiger partial charge >= 0.3 is 0 Å². The topological polar surface area (TPSA) is 62.1 Å². The van der Waals surface area contributed by atoms with Crippen LogP contribution in [0, 0.1) is 6.92 Å². The van der Waals surface area contributed by atoms with Crippen molar-refractivity contribution < 1.29 is 9.47 Å². The second-order valence-electron chi connectivity index (χ2n) is 7.97. The summed E-state index contributed by atoms with van der Waals surface area (Å²) >= 11 is 3.51. The van der Waals surface area contributed by atoms with Crippen LogP contribution in [-0.4, -0.2) is 40.9 Å². The van der Waals surface area contributed by atoms with Crippen molar-refractivity contribution in [3.8, 4) is 11.4 Å². The van der Waals surface area contributed by atoms with Crippen LogP contribution in [0.2, 0.25) is 19.6 Å². The van der Waals surface area contributed by atoms with Crippen LogP contribution in [0.25, 0.3) is 11.4 Å². The van der Waals surface area contributed by atoms with Gasteiger partial charge in [-0.3, -0.25) is 4.98 Å². The first-order valence-electron chi connectivity index (χ1n) is 9.12. The molecule has 0 saturated carbocycles. The number of nitrogens with zero attached hydrogens (tertiary/aromatic N) is 4. The first-order chi connectivity index (χ1) is 12.3. The third kappa shape index (κ3) is 5.00. The Morgan fingerprint density at radius 1 is 1.31 bits per heavy atom. The van der Waals surface area contributed by atoms with Gasteiger partial charge in [0.1, 0.15) is 5.69 Å². The van der Waals surface area contributed by atoms with E-state index in [9.17, 15) is 0 Å². The summed E-state index contributed by atoms with van der Waals surface area (Å²) in [6, 6.07) is 3.98. The molecule has 6 nitrogen and oxygen atoms in total. The van der Waals surface area contributed by atoms with E-state index in [0.29, 0.717) is 6.61 Å². The van der Waals surface area contributed by atoms with Gasteiger partial charge in [0.05, 0.1) is 31.8 Å². The number of hydrogen-bond donors (Lipinski definition) is 0. The quantitative estimate of drug-likeness (QED) is 0.627. The fourth-order valence-corrected chi connectivity index (χ4v) is 4.31. The molecule has 0 amide bonds. The van der Waals surface area contributed by atoms with E-state index < -0.39 is 8.07 Å². The Labute approximate surface area is 164 Å². The highest BCUT2D eigenvalue weighted by atomic mass is 79.9. The minimum Gasteiger partial charge on any atom is -0.353 e. The predicted molar refractivity (Wildman–Crippen MR) is 107 cm³/mol. The zero-order valence-electron chi connectivity index (χ0n) is 16.0. The number of halogens is 1. The van der Waals surface area contributed by atoms with Gasteiger partial charge in [0, 0.05) is 17.2 Å². The molecule has 0 aromatic carbocycles. The van der Waals surface area contributed by atoms with E-state index in [-0.39, 0.29) is 6.29 Å². The highest BCUT2D eigenvalue weighted by Gasteiger charge is 2.23. The molecule has 1 aliphatic heterocycles. The largest absolute Gasteiger partial charge is 0.353 e. The Morgan fingerprint density at radius 3 is 2.77 bits per heavy atom. The minimum absolute atomic E-state index is 0.133. The molecule has 1 saturated heterocycles. The molecule has 0 aliphatic carbocycles. The van der Waals surface area contributed by atoms with Crippen LogP contribution in [0.5, 0.6) is 0 Å². The average molecular weight is 439 g/mol. The summed E-state index contributed by atoms with van der Waals surface area (Å²) in [5.74, 6) is 0. The molecule has 0 radical (unpaired) electrons. The lowest BCUT2D eigenvalue weighted by Crippen LogP contribution is -2.30. The highest BCUT2D eigenvalue weighted by molar-refractivity contribution is 9.10. The minimum atomic E-state index is -1.36. The van der Waals surface area contributed by atoms with Crippen molar-refractivity contribution in [1.82, 2.24) is 20.0 Å². The predicted octanol–water partition coefficient (Wildman–Crippen LogP) is 4.33. The maximum Gasteiger partial charge on any atom is 0.158 e. The molecule has 142 valence electrons. The summed E-state index contributed by atoms with van der Waals surface area (Å²) in [4.78, 5) is 4.67. The van der Waals surface area contributed by atoms with Gasteiger partial charge < -0.3 is 9.47 Å². The summed E-state index contributed by atoms with van der Waals surface area (Å²) < 4.78 is 14.8. The number of ether oxygens (including phenoxy) is 2. The van der Waals surface area contributed by atoms with Gasteiger partial charge in [0.2, 0.25) is 0 Å². The molecule has 26 heavy (non-hydrogen) atoms. The molecular weight excluding hydrogens is 412 g/mol. The molecule has 2 aromatic rings. The van der Waals surface area contributed by atoms with Crippen LogP contribution in [-0.2, 0) is 22.2 Å². The van der Waals surface area contributed by atoms with Crippen LogP contribution < -0.4 is 0 Å². The monoisotopic (exact) mass is 438 g/mol. The molecule has 1 aliphatic rings. The first kappa shape index (κ1) is 19.7. The maximum atomic E-state index is 6.05. The van der Waals surface area contributed by atoms with Gasteiger partial charge in [0.25, 0.3) is 0 Å². The second kappa shape index (κ2) is 8.29. The zero-order chi connectivity index (χ0) is 18.7. The maximum absolute atomic E-state index is 6.05. The Morgan fingerprint density at radius 2 is 2.12 bits per heavy atom. The molecule has 0 bridgehead atoms. The van der Waals surface area contributed by atoms with Crippen molar-refractivity contribution >= 4 is 24.0 Å². The smallest absolute Gasteiger partial charge is 0.158 e. The molecule has 0 spiro atoms. The van der Waals surface area contributed by atoms with E-state index >= 15 is 0 Å². The van der Waals surface area contributed by atoms with Crippen molar-refractivity contribution in [2.75, 3.05) is 6.61 Å². The summed E-state index contributed by atoms with van der Waals surface area (Å²) in [5, 5.41) is 8.86. The van der Waals surface area contributed by atoms with E-state index in [0.717, 1.165) is 59.3 Å². The van der Waals surface area contributed by atoms with Gasteiger partial charge in [-0.05, 0) is 54.2 Å². The van der Waals surface area contributed by atoms with Crippen molar-refractivity contribution in [2.45, 2.75) is 64.9 Å². The molecule has 0 N–H and O–H groups in total. The lowest BCUT2D eigenvalue weighted by molar-refractivity contribution is -0.169. The van der Waals surface area contributed by atoms with Crippen molar-refractivity contribution in [2.24, 2.45) is 0 Å². The number of pyridine rings is 1. The molecule has 3 heterocycles. The molecule has 1 fully saturated rings. The van der Waals surface area contributed by atoms with Gasteiger partial charge in [-0.2, -0.15) is 0 Å². The van der Waals surface area contributed by atoms with Crippen LogP contribution in [0.3, 0.4) is 0 Å². The summed E-state index contributed by atoms with van der Waals surface area (Å²) in [6.07, 6.45) is 3.98. The standard InChI is InChI=1S/C18H27BrN4O2Si/c1-13-14(19)8-9-15(20-13)18-16(11-25-17-7-5-6-10-24-17)23(22-21-18)12-26(2,3)4/h8-9,17H,5-7,10-12H2,1-4H3. The third-order valence-electron chi connectivity index (χ3n) is 4.27. The molecule has 8 heteroatoms. The number of rotatable bonds is 6. The van der Waals surface area contributed by atoms with Crippen LogP contribution in [0.1, 0.15) is 30.7 Å². The second-order valence-corrected chi connectivity index (χ2v) is 14.3. The average Bonchev–Trinajstić information content (AvgIpc) is 2.97. The number of aromatic nitrogens is 4. The zero-order valence-corrected chi connectivity index (χ0v) is 18.5. The van der Waals surface area contributed by atoms with Crippen molar-refractivity contribution in [3.05, 3.63) is 28.0 Å². The summed E-state index contributed by atoms with van der Waals surface area (Å²) in [7, 11) is -1.36. The number of hydrogen-bond acceptors (Lipinski definition) is 5. The first-order valence-corrected chi connectivity index (χ1v) is 13.6. The van der Waals surface area contributed by atoms with Crippen LogP contribution in [0.15, 0.2) is 16.6 Å². The van der Waals surface area contributed by atoms with Crippen molar-refractivity contribution in [3.63, 3.8) is 0 Å². The third-order valence-corrected chi connectivity index (χ3v) is 6.36. The van der Waals surface area contributed by atoms with Gasteiger partial charge in [-0.1, -0.05) is 24.9 Å². The van der Waals surface area contributed by atoms with E-state index in [1.807, 2.05) is 23.7 Å².